The highest BCUT2D eigenvalue weighted by Crippen LogP contribution is 2.19. The van der Waals surface area contributed by atoms with Gasteiger partial charge < -0.3 is 0 Å². The van der Waals surface area contributed by atoms with Crippen molar-refractivity contribution in [2.75, 3.05) is 5.43 Å². The second-order valence-electron chi connectivity index (χ2n) is 5.37. The predicted octanol–water partition coefficient (Wildman–Crippen LogP) is 4.89. The molecule has 120 valence electrons. The molecule has 0 bridgehead atoms. The number of benzene rings is 2. The Kier molecular flexibility index (Phi) is 5.20. The first-order chi connectivity index (χ1) is 11.6. The van der Waals surface area contributed by atoms with Crippen LogP contribution in [0.2, 0.25) is 0 Å². The highest BCUT2D eigenvalue weighted by atomic mass is 127. The quantitative estimate of drug-likeness (QED) is 0.366. The largest absolute Gasteiger partial charge is 0.261 e. The van der Waals surface area contributed by atoms with Gasteiger partial charge in [-0.1, -0.05) is 42.5 Å². The summed E-state index contributed by atoms with van der Waals surface area (Å²) < 4.78 is 1.20. The molecule has 3 rings (SSSR count). The number of hydrogen-bond donors (Lipinski definition) is 1. The summed E-state index contributed by atoms with van der Waals surface area (Å²) in [4.78, 5) is 8.91. The standard InChI is InChI=1S/C19H17IN4/c1-13(15-8-10-17(20)11-9-15)23-24-19-12-18(21-14(2)22-19)16-6-4-3-5-7-16/h3-12H,1-2H3,(H,21,22,24). The van der Waals surface area contributed by atoms with Crippen LogP contribution in [0.3, 0.4) is 0 Å². The van der Waals surface area contributed by atoms with Gasteiger partial charge in [-0.3, -0.25) is 5.43 Å². The Balaban J connectivity index is 1.84. The third-order valence-corrected chi connectivity index (χ3v) is 4.23. The molecule has 1 heterocycles. The Morgan fingerprint density at radius 1 is 1.00 bits per heavy atom. The Hall–Kier alpha value is -2.28. The van der Waals surface area contributed by atoms with E-state index in [1.54, 1.807) is 0 Å². The fourth-order valence-electron chi connectivity index (χ4n) is 2.28. The Bertz CT molecular complexity index is 858. The van der Waals surface area contributed by atoms with E-state index in [9.17, 15) is 0 Å². The summed E-state index contributed by atoms with van der Waals surface area (Å²) in [7, 11) is 0. The van der Waals surface area contributed by atoms with Gasteiger partial charge in [0.05, 0.1) is 11.4 Å². The number of anilines is 1. The maximum Gasteiger partial charge on any atom is 0.150 e. The van der Waals surface area contributed by atoms with Gasteiger partial charge in [0.1, 0.15) is 11.6 Å². The number of aryl methyl sites for hydroxylation is 1. The van der Waals surface area contributed by atoms with Gasteiger partial charge in [-0.15, -0.1) is 0 Å². The van der Waals surface area contributed by atoms with Crippen LogP contribution in [-0.4, -0.2) is 15.7 Å². The van der Waals surface area contributed by atoms with Gasteiger partial charge in [-0.05, 0) is 54.1 Å². The van der Waals surface area contributed by atoms with Crippen LogP contribution in [0.4, 0.5) is 5.82 Å². The van der Waals surface area contributed by atoms with Crippen LogP contribution in [0.5, 0.6) is 0 Å². The minimum atomic E-state index is 0.686. The van der Waals surface area contributed by atoms with E-state index in [1.165, 1.54) is 3.57 Å². The molecule has 0 unspecified atom stereocenters. The zero-order valence-electron chi connectivity index (χ0n) is 13.5. The highest BCUT2D eigenvalue weighted by Gasteiger charge is 2.04. The topological polar surface area (TPSA) is 50.2 Å². The van der Waals surface area contributed by atoms with Gasteiger partial charge in [0.2, 0.25) is 0 Å². The molecular weight excluding hydrogens is 411 g/mol. The third-order valence-electron chi connectivity index (χ3n) is 3.51. The molecule has 0 aliphatic carbocycles. The number of halogens is 1. The van der Waals surface area contributed by atoms with E-state index in [1.807, 2.05) is 50.2 Å². The number of nitrogens with zero attached hydrogens (tertiary/aromatic N) is 3. The number of nitrogens with one attached hydrogen (secondary N) is 1. The summed E-state index contributed by atoms with van der Waals surface area (Å²) in [6, 6.07) is 20.2. The molecule has 24 heavy (non-hydrogen) atoms. The van der Waals surface area contributed by atoms with E-state index in [-0.39, 0.29) is 0 Å². The molecule has 4 nitrogen and oxygen atoms in total. The molecule has 1 N–H and O–H groups in total. The van der Waals surface area contributed by atoms with E-state index in [4.69, 9.17) is 0 Å². The maximum absolute atomic E-state index is 4.50. The van der Waals surface area contributed by atoms with E-state index < -0.39 is 0 Å². The molecule has 0 atom stereocenters. The fraction of sp³-hybridized carbons (Fsp3) is 0.105. The van der Waals surface area contributed by atoms with Gasteiger partial charge in [0, 0.05) is 15.2 Å². The molecule has 0 amide bonds. The van der Waals surface area contributed by atoms with Crippen molar-refractivity contribution >= 4 is 34.1 Å². The molecule has 2 aromatic carbocycles. The molecule has 0 radical (unpaired) electrons. The molecule has 0 saturated carbocycles. The fourth-order valence-corrected chi connectivity index (χ4v) is 2.64. The van der Waals surface area contributed by atoms with Crippen LogP contribution in [0.25, 0.3) is 11.3 Å². The minimum absolute atomic E-state index is 0.686. The van der Waals surface area contributed by atoms with Gasteiger partial charge in [0.25, 0.3) is 0 Å². The summed E-state index contributed by atoms with van der Waals surface area (Å²) >= 11 is 2.29. The van der Waals surface area contributed by atoms with Crippen molar-refractivity contribution < 1.29 is 0 Å². The lowest BCUT2D eigenvalue weighted by molar-refractivity contribution is 1.05. The predicted molar refractivity (Wildman–Crippen MR) is 107 cm³/mol. The zero-order chi connectivity index (χ0) is 16.9. The van der Waals surface area contributed by atoms with Gasteiger partial charge in [0.15, 0.2) is 0 Å². The van der Waals surface area contributed by atoms with Crippen molar-refractivity contribution in [1.82, 2.24) is 9.97 Å². The van der Waals surface area contributed by atoms with Crippen molar-refractivity contribution in [2.45, 2.75) is 13.8 Å². The average Bonchev–Trinajstić information content (AvgIpc) is 2.60. The van der Waals surface area contributed by atoms with Crippen LogP contribution < -0.4 is 5.43 Å². The number of hydrazone groups is 1. The first kappa shape index (κ1) is 16.6. The van der Waals surface area contributed by atoms with Crippen LogP contribution in [0.1, 0.15) is 18.3 Å². The summed E-state index contributed by atoms with van der Waals surface area (Å²) in [6.07, 6.45) is 0. The molecule has 0 fully saturated rings. The molecule has 0 spiro atoms. The highest BCUT2D eigenvalue weighted by molar-refractivity contribution is 14.1. The summed E-state index contributed by atoms with van der Waals surface area (Å²) in [5.41, 5.74) is 6.97. The summed E-state index contributed by atoms with van der Waals surface area (Å²) in [5, 5.41) is 4.44. The smallest absolute Gasteiger partial charge is 0.150 e. The number of hydrogen-bond acceptors (Lipinski definition) is 4. The maximum atomic E-state index is 4.50. The molecule has 0 aliphatic rings. The van der Waals surface area contributed by atoms with E-state index in [0.717, 1.165) is 22.5 Å². The zero-order valence-corrected chi connectivity index (χ0v) is 15.7. The Morgan fingerprint density at radius 2 is 1.71 bits per heavy atom. The monoisotopic (exact) mass is 428 g/mol. The van der Waals surface area contributed by atoms with Crippen molar-refractivity contribution in [3.8, 4) is 11.3 Å². The second-order valence-corrected chi connectivity index (χ2v) is 6.61. The van der Waals surface area contributed by atoms with Crippen LogP contribution >= 0.6 is 22.6 Å². The average molecular weight is 428 g/mol. The summed E-state index contributed by atoms with van der Waals surface area (Å²) in [6.45, 7) is 3.86. The SMILES string of the molecule is CC(=NNc1cc(-c2ccccc2)nc(C)n1)c1ccc(I)cc1. The minimum Gasteiger partial charge on any atom is -0.261 e. The van der Waals surface area contributed by atoms with Crippen LogP contribution in [0, 0.1) is 10.5 Å². The molecule has 1 aromatic heterocycles. The lowest BCUT2D eigenvalue weighted by Crippen LogP contribution is -2.02. The molecule has 3 aromatic rings. The number of aromatic nitrogens is 2. The van der Waals surface area contributed by atoms with Crippen molar-refractivity contribution in [2.24, 2.45) is 5.10 Å². The lowest BCUT2D eigenvalue weighted by atomic mass is 10.1. The summed E-state index contributed by atoms with van der Waals surface area (Å²) in [5.74, 6) is 1.40. The first-order valence-corrected chi connectivity index (χ1v) is 8.67. The van der Waals surface area contributed by atoms with Crippen LogP contribution in [0.15, 0.2) is 65.8 Å². The molecule has 0 saturated heterocycles. The van der Waals surface area contributed by atoms with Crippen LogP contribution in [-0.2, 0) is 0 Å². The van der Waals surface area contributed by atoms with Gasteiger partial charge in [-0.25, -0.2) is 9.97 Å². The van der Waals surface area contributed by atoms with Crippen molar-refractivity contribution in [1.29, 1.82) is 0 Å². The van der Waals surface area contributed by atoms with E-state index in [0.29, 0.717) is 11.6 Å². The van der Waals surface area contributed by atoms with E-state index >= 15 is 0 Å². The molecule has 0 aliphatic heterocycles. The lowest BCUT2D eigenvalue weighted by Gasteiger charge is -2.07. The van der Waals surface area contributed by atoms with Gasteiger partial charge >= 0.3 is 0 Å². The molecular formula is C19H17IN4. The molecule has 5 heteroatoms. The Labute approximate surface area is 155 Å². The third kappa shape index (κ3) is 4.17. The van der Waals surface area contributed by atoms with Gasteiger partial charge in [-0.2, -0.15) is 5.10 Å². The Morgan fingerprint density at radius 3 is 2.42 bits per heavy atom. The first-order valence-electron chi connectivity index (χ1n) is 7.59. The van der Waals surface area contributed by atoms with E-state index in [2.05, 4.69) is 67.4 Å². The normalized spacial score (nSPS) is 11.4. The second kappa shape index (κ2) is 7.53. The van der Waals surface area contributed by atoms with Crippen molar-refractivity contribution in [3.63, 3.8) is 0 Å². The van der Waals surface area contributed by atoms with Crippen molar-refractivity contribution in [3.05, 3.63) is 75.6 Å². The number of rotatable bonds is 4.